The van der Waals surface area contributed by atoms with Gasteiger partial charge in [-0.25, -0.2) is 0 Å². The summed E-state index contributed by atoms with van der Waals surface area (Å²) in [5, 5.41) is 6.38. The van der Waals surface area contributed by atoms with Gasteiger partial charge in [-0.2, -0.15) is 0 Å². The third-order valence-electron chi connectivity index (χ3n) is 14.4. The molecule has 4 aliphatic carbocycles. The highest BCUT2D eigenvalue weighted by Crippen LogP contribution is 2.61. The molecule has 12 rings (SSSR count). The Balaban J connectivity index is 0.000000685. The van der Waals surface area contributed by atoms with E-state index in [0.29, 0.717) is 0 Å². The van der Waals surface area contributed by atoms with Crippen molar-refractivity contribution in [3.8, 4) is 33.4 Å². The summed E-state index contributed by atoms with van der Waals surface area (Å²) in [6.45, 7) is 4.46. The minimum Gasteiger partial charge on any atom is -0.379 e. The maximum atomic E-state index is 3.78. The van der Waals surface area contributed by atoms with Crippen LogP contribution in [-0.4, -0.2) is 6.04 Å². The average Bonchev–Trinajstić information content (AvgIpc) is 3.50. The summed E-state index contributed by atoms with van der Waals surface area (Å²) >= 11 is 0. The van der Waals surface area contributed by atoms with Crippen LogP contribution in [-0.2, 0) is 5.41 Å². The van der Waals surface area contributed by atoms with Crippen LogP contribution in [0.4, 0.5) is 5.69 Å². The summed E-state index contributed by atoms with van der Waals surface area (Å²) in [7, 11) is 0. The van der Waals surface area contributed by atoms with Crippen molar-refractivity contribution in [3.05, 3.63) is 299 Å². The van der Waals surface area contributed by atoms with Gasteiger partial charge in [-0.3, -0.25) is 0 Å². The van der Waals surface area contributed by atoms with E-state index >= 15 is 0 Å². The third kappa shape index (κ3) is 8.62. The summed E-state index contributed by atoms with van der Waals surface area (Å²) in [6.07, 6.45) is 26.5. The molecule has 0 saturated carbocycles. The molecule has 1 nitrogen and oxygen atoms in total. The fraction of sp³-hybridized carbons (Fsp3) is 0.118. The second-order valence-corrected chi connectivity index (χ2v) is 18.8. The number of fused-ring (bicyclic) bond motifs is 5. The van der Waals surface area contributed by atoms with Crippen LogP contribution in [0.1, 0.15) is 59.9 Å². The van der Waals surface area contributed by atoms with E-state index < -0.39 is 5.41 Å². The quantitative estimate of drug-likeness (QED) is 0.160. The Bertz CT molecular complexity index is 3390. The number of hydrogen-bond acceptors (Lipinski definition) is 1. The van der Waals surface area contributed by atoms with Gasteiger partial charge in [-0.05, 0) is 147 Å². The summed E-state index contributed by atoms with van der Waals surface area (Å²) < 4.78 is 0. The molecule has 69 heavy (non-hydrogen) atoms. The fourth-order valence-corrected chi connectivity index (χ4v) is 11.0. The number of nitrogens with one attached hydrogen (secondary N) is 1. The topological polar surface area (TPSA) is 12.0 Å². The van der Waals surface area contributed by atoms with Crippen LogP contribution >= 0.6 is 0 Å². The fourth-order valence-electron chi connectivity index (χ4n) is 11.0. The minimum atomic E-state index is -0.477. The molecule has 334 valence electrons. The standard InChI is InChI=1S/C61H49N.C7H8/c1-42-16-8-13-29-58(42)61(52-32-34-54(35-33-52)62-53-26-6-3-7-27-53)59-41-51(31-36-56(59)57-37-30-44-19-11-12-28-55(44)60(57)61)50-25-15-24-49(40-50)48-23-14-22-47(39-48)46-21-10-9-20-45(38-46)43-17-4-2-5-18-43;1-7-5-3-2-4-6-7/h2-7,9-15,17-34,36-41,45,54,62H,8,16,35H2,1H3;2-6H,1H3. The van der Waals surface area contributed by atoms with Gasteiger partial charge in [0.05, 0.1) is 5.41 Å². The molecule has 4 aliphatic rings. The van der Waals surface area contributed by atoms with Gasteiger partial charge >= 0.3 is 0 Å². The van der Waals surface area contributed by atoms with Crippen LogP contribution < -0.4 is 5.32 Å². The highest BCUT2D eigenvalue weighted by Gasteiger charge is 2.49. The maximum Gasteiger partial charge on any atom is 0.0715 e. The minimum absolute atomic E-state index is 0.215. The second kappa shape index (κ2) is 19.3. The van der Waals surface area contributed by atoms with Crippen LogP contribution in [0.3, 0.4) is 0 Å². The highest BCUT2D eigenvalue weighted by molar-refractivity contribution is 6.01. The van der Waals surface area contributed by atoms with E-state index in [0.717, 1.165) is 24.9 Å². The number of allylic oxidation sites excluding steroid dienone is 12. The van der Waals surface area contributed by atoms with E-state index in [1.807, 2.05) is 18.2 Å². The zero-order chi connectivity index (χ0) is 46.6. The summed E-state index contributed by atoms with van der Waals surface area (Å²) in [5.74, 6) is 0.222. The lowest BCUT2D eigenvalue weighted by atomic mass is 9.62. The molecule has 0 heterocycles. The lowest BCUT2D eigenvalue weighted by Crippen LogP contribution is -2.33. The van der Waals surface area contributed by atoms with Gasteiger partial charge in [-0.1, -0.05) is 236 Å². The first-order valence-corrected chi connectivity index (χ1v) is 24.6. The predicted molar refractivity (Wildman–Crippen MR) is 294 cm³/mol. The first-order valence-electron chi connectivity index (χ1n) is 24.6. The van der Waals surface area contributed by atoms with Crippen molar-refractivity contribution in [2.75, 3.05) is 5.32 Å². The molecule has 1 N–H and O–H groups in total. The molecular formula is C68H57N. The first-order chi connectivity index (χ1) is 34.0. The summed E-state index contributed by atoms with van der Waals surface area (Å²) in [4.78, 5) is 0. The van der Waals surface area contributed by atoms with Crippen molar-refractivity contribution in [2.45, 2.75) is 50.5 Å². The first kappa shape index (κ1) is 43.6. The van der Waals surface area contributed by atoms with Crippen molar-refractivity contribution in [3.63, 3.8) is 0 Å². The maximum absolute atomic E-state index is 3.78. The van der Waals surface area contributed by atoms with Gasteiger partial charge in [-0.15, -0.1) is 0 Å². The molecule has 0 radical (unpaired) electrons. The van der Waals surface area contributed by atoms with Crippen molar-refractivity contribution in [2.24, 2.45) is 0 Å². The van der Waals surface area contributed by atoms with Crippen LogP contribution in [0.2, 0.25) is 0 Å². The molecule has 0 saturated heterocycles. The van der Waals surface area contributed by atoms with Crippen LogP contribution in [0.15, 0.2) is 272 Å². The monoisotopic (exact) mass is 887 g/mol. The molecule has 0 aromatic heterocycles. The Hall–Kier alpha value is -8.00. The summed E-state index contributed by atoms with van der Waals surface area (Å²) in [5.41, 5.74) is 20.3. The molecule has 1 heteroatoms. The van der Waals surface area contributed by atoms with Gasteiger partial charge < -0.3 is 5.32 Å². The number of rotatable bonds is 8. The van der Waals surface area contributed by atoms with Crippen molar-refractivity contribution in [1.29, 1.82) is 0 Å². The number of para-hydroxylation sites is 1. The van der Waals surface area contributed by atoms with E-state index in [9.17, 15) is 0 Å². The molecule has 0 bridgehead atoms. The molecule has 3 atom stereocenters. The summed E-state index contributed by atoms with van der Waals surface area (Å²) in [6, 6.07) is 71.0. The number of aryl methyl sites for hydroxylation is 1. The normalized spacial score (nSPS) is 18.9. The van der Waals surface area contributed by atoms with Crippen molar-refractivity contribution < 1.29 is 0 Å². The van der Waals surface area contributed by atoms with E-state index in [1.165, 1.54) is 94.3 Å². The lowest BCUT2D eigenvalue weighted by Gasteiger charge is -2.40. The zero-order valence-electron chi connectivity index (χ0n) is 39.5. The highest BCUT2D eigenvalue weighted by atomic mass is 14.9. The molecule has 0 amide bonds. The van der Waals surface area contributed by atoms with Crippen LogP contribution in [0.5, 0.6) is 0 Å². The van der Waals surface area contributed by atoms with Gasteiger partial charge in [0.1, 0.15) is 0 Å². The SMILES string of the molecule is CC1=C(C2(C3=CCC(Nc4ccccc4)C=C3)c3cc(-c4cccc(-c5cccc(C6=CC(c7ccccc7)C=CC=C6)c5)c4)ccc3-c3ccc4ccccc4c32)C=CCC1.Cc1ccccc1. The average molecular weight is 888 g/mol. The Morgan fingerprint density at radius 3 is 1.91 bits per heavy atom. The van der Waals surface area contributed by atoms with E-state index in [-0.39, 0.29) is 12.0 Å². The second-order valence-electron chi connectivity index (χ2n) is 18.8. The lowest BCUT2D eigenvalue weighted by molar-refractivity contribution is 0.720. The Kier molecular flexibility index (Phi) is 12.2. The number of anilines is 1. The molecular weight excluding hydrogens is 831 g/mol. The third-order valence-corrected chi connectivity index (χ3v) is 14.4. The predicted octanol–water partition coefficient (Wildman–Crippen LogP) is 17.8. The molecule has 8 aromatic carbocycles. The molecule has 8 aromatic rings. The molecule has 0 aliphatic heterocycles. The Morgan fingerprint density at radius 1 is 0.536 bits per heavy atom. The molecule has 3 unspecified atom stereocenters. The van der Waals surface area contributed by atoms with E-state index in [4.69, 9.17) is 0 Å². The zero-order valence-corrected chi connectivity index (χ0v) is 39.5. The molecule has 0 fully saturated rings. The van der Waals surface area contributed by atoms with Crippen LogP contribution in [0, 0.1) is 6.92 Å². The van der Waals surface area contributed by atoms with Gasteiger partial charge in [0, 0.05) is 17.6 Å². The van der Waals surface area contributed by atoms with E-state index in [1.54, 1.807) is 0 Å². The van der Waals surface area contributed by atoms with Gasteiger partial charge in [0.15, 0.2) is 0 Å². The largest absolute Gasteiger partial charge is 0.379 e. The van der Waals surface area contributed by atoms with Crippen molar-refractivity contribution >= 4 is 22.0 Å². The van der Waals surface area contributed by atoms with Gasteiger partial charge in [0.25, 0.3) is 0 Å². The Labute approximate surface area is 408 Å². The number of benzene rings is 8. The van der Waals surface area contributed by atoms with Crippen LogP contribution in [0.25, 0.3) is 49.7 Å². The number of hydrogen-bond donors (Lipinski definition) is 1. The van der Waals surface area contributed by atoms with Gasteiger partial charge in [0.2, 0.25) is 0 Å². The van der Waals surface area contributed by atoms with E-state index in [2.05, 4.69) is 256 Å². The van der Waals surface area contributed by atoms with Crippen molar-refractivity contribution in [1.82, 2.24) is 0 Å². The Morgan fingerprint density at radius 2 is 1.20 bits per heavy atom. The molecule has 0 spiro atoms. The smallest absolute Gasteiger partial charge is 0.0715 e.